The van der Waals surface area contributed by atoms with E-state index in [4.69, 9.17) is 0 Å². The highest BCUT2D eigenvalue weighted by atomic mass is 127. The summed E-state index contributed by atoms with van der Waals surface area (Å²) in [7, 11) is 0. The van der Waals surface area contributed by atoms with Crippen LogP contribution in [0, 0.1) is 15.5 Å². The molecule has 130 valence electrons. The van der Waals surface area contributed by atoms with Crippen LogP contribution in [-0.4, -0.2) is 17.3 Å². The molecular formula is C14H8F6INO2. The summed E-state index contributed by atoms with van der Waals surface area (Å²) in [5, 5.41) is 10.6. The van der Waals surface area contributed by atoms with Gasteiger partial charge in [-0.25, -0.2) is 0 Å². The number of allylic oxidation sites excluding steroid dienone is 4. The number of nitro benzene ring substituents is 1. The van der Waals surface area contributed by atoms with Gasteiger partial charge in [-0.1, -0.05) is 12.2 Å². The molecule has 0 bridgehead atoms. The predicted molar refractivity (Wildman–Crippen MR) is 82.3 cm³/mol. The van der Waals surface area contributed by atoms with Crippen molar-refractivity contribution in [1.82, 2.24) is 0 Å². The lowest BCUT2D eigenvalue weighted by Crippen LogP contribution is -2.51. The molecule has 0 heterocycles. The van der Waals surface area contributed by atoms with E-state index < -0.39 is 40.4 Å². The van der Waals surface area contributed by atoms with Gasteiger partial charge in [0.15, 0.2) is 5.41 Å². The van der Waals surface area contributed by atoms with Gasteiger partial charge in [-0.2, -0.15) is 26.3 Å². The fourth-order valence-electron chi connectivity index (χ4n) is 2.50. The minimum Gasteiger partial charge on any atom is -0.258 e. The van der Waals surface area contributed by atoms with Gasteiger partial charge < -0.3 is 0 Å². The molecule has 0 radical (unpaired) electrons. The maximum atomic E-state index is 13.5. The van der Waals surface area contributed by atoms with Crippen molar-refractivity contribution in [3.8, 4) is 0 Å². The lowest BCUT2D eigenvalue weighted by Gasteiger charge is -2.41. The maximum Gasteiger partial charge on any atom is 0.407 e. The summed E-state index contributed by atoms with van der Waals surface area (Å²) in [6.45, 7) is 0. The van der Waals surface area contributed by atoms with Gasteiger partial charge >= 0.3 is 12.4 Å². The Hall–Kier alpha value is -1.59. The Labute approximate surface area is 145 Å². The average molecular weight is 463 g/mol. The minimum atomic E-state index is -5.58. The summed E-state index contributed by atoms with van der Waals surface area (Å²) < 4.78 is 81.0. The fraction of sp³-hybridized carbons (Fsp3) is 0.286. The normalized spacial score (nSPS) is 18.0. The first-order valence-electron chi connectivity index (χ1n) is 6.35. The maximum absolute atomic E-state index is 13.5. The average Bonchev–Trinajstić information content (AvgIpc) is 2.44. The van der Waals surface area contributed by atoms with E-state index in [1.807, 2.05) is 0 Å². The van der Waals surface area contributed by atoms with Crippen molar-refractivity contribution in [2.24, 2.45) is 5.41 Å². The van der Waals surface area contributed by atoms with E-state index in [9.17, 15) is 36.5 Å². The molecule has 3 nitrogen and oxygen atoms in total. The van der Waals surface area contributed by atoms with Gasteiger partial charge in [0.2, 0.25) is 0 Å². The van der Waals surface area contributed by atoms with Crippen molar-refractivity contribution < 1.29 is 31.3 Å². The molecule has 1 aromatic carbocycles. The molecule has 1 aromatic rings. The van der Waals surface area contributed by atoms with Crippen LogP contribution in [0.1, 0.15) is 12.0 Å². The van der Waals surface area contributed by atoms with Crippen LogP contribution < -0.4 is 0 Å². The highest BCUT2D eigenvalue weighted by Crippen LogP contribution is 2.62. The van der Waals surface area contributed by atoms with Gasteiger partial charge in [0.25, 0.3) is 5.69 Å². The third-order valence-electron chi connectivity index (χ3n) is 3.68. The number of alkyl halides is 6. The van der Waals surface area contributed by atoms with Crippen molar-refractivity contribution in [3.05, 3.63) is 55.7 Å². The number of nitro groups is 1. The fourth-order valence-corrected chi connectivity index (χ4v) is 3.25. The Morgan fingerprint density at radius 3 is 1.92 bits per heavy atom. The Kier molecular flexibility index (Phi) is 4.72. The second kappa shape index (κ2) is 6.05. The molecule has 0 unspecified atom stereocenters. The second-order valence-electron chi connectivity index (χ2n) is 5.08. The van der Waals surface area contributed by atoms with Crippen LogP contribution in [0.4, 0.5) is 32.0 Å². The molecule has 1 aliphatic rings. The second-order valence-corrected chi connectivity index (χ2v) is 6.46. The molecule has 2 rings (SSSR count). The summed E-state index contributed by atoms with van der Waals surface area (Å²) in [6.07, 6.45) is -10.5. The zero-order valence-electron chi connectivity index (χ0n) is 11.6. The first-order chi connectivity index (χ1) is 10.9. The zero-order chi connectivity index (χ0) is 18.3. The number of nitrogens with zero attached hydrogens (tertiary/aromatic N) is 1. The Morgan fingerprint density at radius 2 is 1.50 bits per heavy atom. The predicted octanol–water partition coefficient (Wildman–Crippen LogP) is 5.81. The molecule has 0 amide bonds. The number of non-ortho nitro benzene ring substituents is 1. The van der Waals surface area contributed by atoms with Crippen LogP contribution in [0.25, 0.3) is 5.57 Å². The lowest BCUT2D eigenvalue weighted by molar-refractivity contribution is -0.384. The highest BCUT2D eigenvalue weighted by Gasteiger charge is 2.72. The largest absolute Gasteiger partial charge is 0.407 e. The van der Waals surface area contributed by atoms with Crippen molar-refractivity contribution in [2.45, 2.75) is 18.8 Å². The van der Waals surface area contributed by atoms with E-state index in [0.717, 1.165) is 30.3 Å². The summed E-state index contributed by atoms with van der Waals surface area (Å²) >= 11 is 1.43. The topological polar surface area (TPSA) is 43.1 Å². The summed E-state index contributed by atoms with van der Waals surface area (Å²) in [4.78, 5) is 9.81. The third kappa shape index (κ3) is 3.03. The quantitative estimate of drug-likeness (QED) is 0.241. The first kappa shape index (κ1) is 18.7. The van der Waals surface area contributed by atoms with Gasteiger partial charge in [0.1, 0.15) is 0 Å². The monoisotopic (exact) mass is 463 g/mol. The van der Waals surface area contributed by atoms with Crippen LogP contribution in [0.5, 0.6) is 0 Å². The molecule has 0 aromatic heterocycles. The van der Waals surface area contributed by atoms with Crippen molar-refractivity contribution in [3.63, 3.8) is 0 Å². The number of halogens is 7. The summed E-state index contributed by atoms with van der Waals surface area (Å²) in [5.41, 5.74) is -5.82. The van der Waals surface area contributed by atoms with Crippen LogP contribution >= 0.6 is 22.6 Å². The molecule has 0 aliphatic heterocycles. The van der Waals surface area contributed by atoms with E-state index in [2.05, 4.69) is 0 Å². The Bertz CT molecular complexity index is 704. The van der Waals surface area contributed by atoms with Crippen LogP contribution in [0.3, 0.4) is 0 Å². The van der Waals surface area contributed by atoms with Crippen molar-refractivity contribution in [2.75, 3.05) is 0 Å². The lowest BCUT2D eigenvalue weighted by atomic mass is 9.70. The Balaban J connectivity index is 2.69. The van der Waals surface area contributed by atoms with Gasteiger partial charge in [0, 0.05) is 18.6 Å². The summed E-state index contributed by atoms with van der Waals surface area (Å²) in [6, 6.07) is 3.53. The smallest absolute Gasteiger partial charge is 0.258 e. The van der Waals surface area contributed by atoms with Gasteiger partial charge in [-0.15, -0.1) is 0 Å². The van der Waals surface area contributed by atoms with Crippen molar-refractivity contribution >= 4 is 33.9 Å². The third-order valence-corrected chi connectivity index (χ3v) is 4.42. The molecule has 0 atom stereocenters. The van der Waals surface area contributed by atoms with E-state index in [-0.39, 0.29) is 9.14 Å². The molecule has 10 heteroatoms. The van der Waals surface area contributed by atoms with E-state index in [1.165, 1.54) is 28.7 Å². The van der Waals surface area contributed by atoms with Crippen molar-refractivity contribution in [1.29, 1.82) is 0 Å². The molecule has 24 heavy (non-hydrogen) atoms. The molecule has 0 N–H and O–H groups in total. The SMILES string of the molecule is O=[N+]([O-])c1ccc(C2=CC=C(I)CC2(C(F)(F)F)C(F)(F)F)cc1. The molecule has 0 spiro atoms. The van der Waals surface area contributed by atoms with Crippen LogP contribution in [0.2, 0.25) is 0 Å². The molecule has 0 saturated carbocycles. The van der Waals surface area contributed by atoms with Crippen LogP contribution in [-0.2, 0) is 0 Å². The van der Waals surface area contributed by atoms with E-state index in [1.54, 1.807) is 0 Å². The molecule has 0 fully saturated rings. The number of hydrogen-bond acceptors (Lipinski definition) is 2. The standard InChI is InChI=1S/C14H8F6INO2/c15-13(16,17)12(14(18,19)20)7-9(21)3-6-11(12)8-1-4-10(5-2-8)22(23)24/h1-6H,7H2. The van der Waals surface area contributed by atoms with E-state index >= 15 is 0 Å². The van der Waals surface area contributed by atoms with E-state index in [0.29, 0.717) is 0 Å². The van der Waals surface area contributed by atoms with Gasteiger partial charge in [-0.05, 0) is 49.4 Å². The minimum absolute atomic E-state index is 0.0899. The first-order valence-corrected chi connectivity index (χ1v) is 7.43. The Morgan fingerprint density at radius 1 is 1.00 bits per heavy atom. The number of rotatable bonds is 2. The number of benzene rings is 1. The number of hydrogen-bond donors (Lipinski definition) is 0. The molecule has 1 aliphatic carbocycles. The highest BCUT2D eigenvalue weighted by molar-refractivity contribution is 14.1. The van der Waals surface area contributed by atoms with Gasteiger partial charge in [0.05, 0.1) is 4.92 Å². The summed E-state index contributed by atoms with van der Waals surface area (Å²) in [5.74, 6) is 0. The molecule has 0 saturated heterocycles. The zero-order valence-corrected chi connectivity index (χ0v) is 13.7. The molecular weight excluding hydrogens is 455 g/mol. The van der Waals surface area contributed by atoms with Gasteiger partial charge in [-0.3, -0.25) is 10.1 Å². The van der Waals surface area contributed by atoms with Crippen LogP contribution in [0.15, 0.2) is 40.0 Å².